The van der Waals surface area contributed by atoms with Crippen molar-refractivity contribution in [3.8, 4) is 0 Å². The number of unbranched alkanes of at least 4 members (excludes halogenated alkanes) is 11. The lowest BCUT2D eigenvalue weighted by Crippen LogP contribution is -2.30. The number of hydrogen-bond acceptors (Lipinski definition) is 6. The van der Waals surface area contributed by atoms with E-state index in [0.29, 0.717) is 19.3 Å². The molecule has 1 unspecified atom stereocenters. The summed E-state index contributed by atoms with van der Waals surface area (Å²) >= 11 is 0. The zero-order valence-electron chi connectivity index (χ0n) is 33.7. The Morgan fingerprint density at radius 1 is 0.415 bits per heavy atom. The Morgan fingerprint density at radius 2 is 0.849 bits per heavy atom. The molecule has 298 valence electrons. The Bertz CT molecular complexity index is 1120. The first kappa shape index (κ1) is 49.3. The lowest BCUT2D eigenvalue weighted by atomic mass is 10.1. The molecule has 0 bridgehead atoms. The third-order valence-electron chi connectivity index (χ3n) is 8.15. The molecule has 6 heteroatoms. The maximum atomic E-state index is 12.6. The number of carbonyl (C=O) groups is 3. The van der Waals surface area contributed by atoms with Crippen molar-refractivity contribution in [3.05, 3.63) is 97.2 Å². The Kier molecular flexibility index (Phi) is 38.2. The highest BCUT2D eigenvalue weighted by molar-refractivity contribution is 5.71. The molecule has 0 saturated carbocycles. The smallest absolute Gasteiger partial charge is 0.306 e. The van der Waals surface area contributed by atoms with Gasteiger partial charge in [-0.3, -0.25) is 14.4 Å². The van der Waals surface area contributed by atoms with Crippen molar-refractivity contribution in [2.24, 2.45) is 0 Å². The monoisotopic (exact) mass is 735 g/mol. The van der Waals surface area contributed by atoms with Gasteiger partial charge in [0.15, 0.2) is 6.10 Å². The molecule has 0 aromatic carbocycles. The molecular weight excluding hydrogens is 661 g/mol. The summed E-state index contributed by atoms with van der Waals surface area (Å²) < 4.78 is 16.5. The first-order valence-corrected chi connectivity index (χ1v) is 20.8. The molecule has 0 aliphatic rings. The Labute approximate surface area is 324 Å². The van der Waals surface area contributed by atoms with Gasteiger partial charge in [0.25, 0.3) is 0 Å². The number of ether oxygens (including phenoxy) is 3. The fourth-order valence-electron chi connectivity index (χ4n) is 5.04. The summed E-state index contributed by atoms with van der Waals surface area (Å²) in [5, 5.41) is 0. The molecule has 0 radical (unpaired) electrons. The largest absolute Gasteiger partial charge is 0.462 e. The topological polar surface area (TPSA) is 78.9 Å². The van der Waals surface area contributed by atoms with E-state index in [1.807, 2.05) is 36.5 Å². The molecular formula is C47H74O6. The van der Waals surface area contributed by atoms with Crippen LogP contribution >= 0.6 is 0 Å². The average Bonchev–Trinajstić information content (AvgIpc) is 3.15. The summed E-state index contributed by atoms with van der Waals surface area (Å²) in [6.45, 7) is 6.20. The molecule has 0 aromatic rings. The minimum absolute atomic E-state index is 0.117. The molecule has 0 aromatic heterocycles. The van der Waals surface area contributed by atoms with Gasteiger partial charge in [0.2, 0.25) is 0 Å². The van der Waals surface area contributed by atoms with E-state index in [1.165, 1.54) is 25.7 Å². The van der Waals surface area contributed by atoms with Gasteiger partial charge in [0.05, 0.1) is 0 Å². The SMILES string of the molecule is CC\C=C/C=C\C=C/C=C\CCCCCC(=O)OCC(COC(=O)CCCCCCC/C=C\CCCC)OC(=O)CCC/C=C\C/C=C\C/C=C\CC. The van der Waals surface area contributed by atoms with E-state index in [4.69, 9.17) is 14.2 Å². The molecule has 0 amide bonds. The minimum Gasteiger partial charge on any atom is -0.462 e. The molecule has 53 heavy (non-hydrogen) atoms. The van der Waals surface area contributed by atoms with Crippen LogP contribution in [0, 0.1) is 0 Å². The van der Waals surface area contributed by atoms with Crippen LogP contribution in [-0.4, -0.2) is 37.2 Å². The number of allylic oxidation sites excluding steroid dienone is 16. The van der Waals surface area contributed by atoms with Crippen molar-refractivity contribution in [1.82, 2.24) is 0 Å². The van der Waals surface area contributed by atoms with Crippen LogP contribution in [-0.2, 0) is 28.6 Å². The normalized spacial score (nSPS) is 13.0. The van der Waals surface area contributed by atoms with Crippen LogP contribution in [0.1, 0.15) is 162 Å². The van der Waals surface area contributed by atoms with Crippen molar-refractivity contribution < 1.29 is 28.6 Å². The third kappa shape index (κ3) is 39.4. The molecule has 0 heterocycles. The van der Waals surface area contributed by atoms with E-state index in [9.17, 15) is 14.4 Å². The lowest BCUT2D eigenvalue weighted by molar-refractivity contribution is -0.167. The maximum absolute atomic E-state index is 12.6. The summed E-state index contributed by atoms with van der Waals surface area (Å²) in [5.41, 5.74) is 0. The quantitative estimate of drug-likeness (QED) is 0.0212. The zero-order chi connectivity index (χ0) is 38.7. The van der Waals surface area contributed by atoms with Crippen molar-refractivity contribution in [3.63, 3.8) is 0 Å². The Hall–Kier alpha value is -3.67. The Morgan fingerprint density at radius 3 is 1.47 bits per heavy atom. The average molecular weight is 735 g/mol. The molecule has 1 atom stereocenters. The lowest BCUT2D eigenvalue weighted by Gasteiger charge is -2.18. The predicted octanol–water partition coefficient (Wildman–Crippen LogP) is 13.1. The van der Waals surface area contributed by atoms with E-state index in [-0.39, 0.29) is 37.5 Å². The fourth-order valence-corrected chi connectivity index (χ4v) is 5.04. The van der Waals surface area contributed by atoms with Crippen LogP contribution < -0.4 is 0 Å². The highest BCUT2D eigenvalue weighted by atomic mass is 16.6. The van der Waals surface area contributed by atoms with Crippen molar-refractivity contribution in [1.29, 1.82) is 0 Å². The summed E-state index contributed by atoms with van der Waals surface area (Å²) in [6, 6.07) is 0. The van der Waals surface area contributed by atoms with Crippen LogP contribution in [0.2, 0.25) is 0 Å². The number of hydrogen-bond donors (Lipinski definition) is 0. The second kappa shape index (κ2) is 41.1. The van der Waals surface area contributed by atoms with Gasteiger partial charge in [-0.1, -0.05) is 157 Å². The third-order valence-corrected chi connectivity index (χ3v) is 8.15. The molecule has 0 fully saturated rings. The van der Waals surface area contributed by atoms with Crippen molar-refractivity contribution in [2.45, 2.75) is 168 Å². The summed E-state index contributed by atoms with van der Waals surface area (Å²) in [6.07, 6.45) is 52.6. The van der Waals surface area contributed by atoms with Gasteiger partial charge < -0.3 is 14.2 Å². The van der Waals surface area contributed by atoms with Crippen LogP contribution in [0.3, 0.4) is 0 Å². The summed E-state index contributed by atoms with van der Waals surface area (Å²) in [7, 11) is 0. The van der Waals surface area contributed by atoms with E-state index in [2.05, 4.69) is 81.5 Å². The first-order valence-electron chi connectivity index (χ1n) is 20.8. The first-order chi connectivity index (χ1) is 26.0. The zero-order valence-corrected chi connectivity index (χ0v) is 33.7. The second-order valence-electron chi connectivity index (χ2n) is 13.2. The molecule has 0 rings (SSSR count). The van der Waals surface area contributed by atoms with Crippen LogP contribution in [0.15, 0.2) is 97.2 Å². The van der Waals surface area contributed by atoms with Crippen LogP contribution in [0.4, 0.5) is 0 Å². The van der Waals surface area contributed by atoms with Gasteiger partial charge >= 0.3 is 17.9 Å². The number of carbonyl (C=O) groups excluding carboxylic acids is 3. The van der Waals surface area contributed by atoms with Gasteiger partial charge in [-0.05, 0) is 83.5 Å². The minimum atomic E-state index is -0.820. The standard InChI is InChI=1S/C47H74O6/c1-4-7-10-13-16-19-22-23-26-28-31-34-37-40-46(49)52-43-44(53-47(50)41-38-35-32-29-25-21-18-15-12-9-6-3)42-51-45(48)39-36-33-30-27-24-20-17-14-11-8-5-2/h7,9-10,12-14,16-19,21-23,26,29,32,44H,4-6,8,11,15,20,24-25,27-28,30-31,33-43H2,1-3H3/b10-7-,12-9-,16-13-,17-14-,21-18-,22-19-,26-23-,32-29-. The van der Waals surface area contributed by atoms with Crippen LogP contribution in [0.25, 0.3) is 0 Å². The van der Waals surface area contributed by atoms with E-state index < -0.39 is 6.10 Å². The van der Waals surface area contributed by atoms with E-state index in [1.54, 1.807) is 0 Å². The van der Waals surface area contributed by atoms with Gasteiger partial charge in [0, 0.05) is 19.3 Å². The molecule has 0 N–H and O–H groups in total. The second-order valence-corrected chi connectivity index (χ2v) is 13.2. The summed E-state index contributed by atoms with van der Waals surface area (Å²) in [4.78, 5) is 37.5. The number of rotatable bonds is 35. The highest BCUT2D eigenvalue weighted by Crippen LogP contribution is 2.11. The van der Waals surface area contributed by atoms with Gasteiger partial charge in [0.1, 0.15) is 13.2 Å². The molecule has 0 spiro atoms. The van der Waals surface area contributed by atoms with E-state index in [0.717, 1.165) is 89.9 Å². The van der Waals surface area contributed by atoms with Gasteiger partial charge in [-0.15, -0.1) is 0 Å². The van der Waals surface area contributed by atoms with Crippen molar-refractivity contribution in [2.75, 3.05) is 13.2 Å². The van der Waals surface area contributed by atoms with Crippen molar-refractivity contribution >= 4 is 17.9 Å². The Balaban J connectivity index is 4.56. The molecule has 6 nitrogen and oxygen atoms in total. The fraction of sp³-hybridized carbons (Fsp3) is 0.596. The predicted molar refractivity (Wildman–Crippen MR) is 224 cm³/mol. The highest BCUT2D eigenvalue weighted by Gasteiger charge is 2.19. The van der Waals surface area contributed by atoms with Gasteiger partial charge in [-0.25, -0.2) is 0 Å². The molecule has 0 aliphatic carbocycles. The maximum Gasteiger partial charge on any atom is 0.306 e. The van der Waals surface area contributed by atoms with Gasteiger partial charge in [-0.2, -0.15) is 0 Å². The molecule has 0 aliphatic heterocycles. The number of esters is 3. The van der Waals surface area contributed by atoms with E-state index >= 15 is 0 Å². The van der Waals surface area contributed by atoms with Crippen LogP contribution in [0.5, 0.6) is 0 Å². The molecule has 0 saturated heterocycles. The summed E-state index contributed by atoms with van der Waals surface area (Å²) in [5.74, 6) is -1.04.